The van der Waals surface area contributed by atoms with Gasteiger partial charge in [0.05, 0.1) is 30.2 Å². The van der Waals surface area contributed by atoms with Crippen LogP contribution in [0.2, 0.25) is 0 Å². The highest BCUT2D eigenvalue weighted by Crippen LogP contribution is 2.41. The van der Waals surface area contributed by atoms with Crippen LogP contribution in [0, 0.1) is 44.8 Å². The summed E-state index contributed by atoms with van der Waals surface area (Å²) < 4.78 is 10.3. The number of benzene rings is 4. The number of nitrogens with two attached hydrogens (primary N) is 1. The Hall–Kier alpha value is -4.95. The van der Waals surface area contributed by atoms with Gasteiger partial charge in [-0.1, -0.05) is 180 Å². The van der Waals surface area contributed by atoms with Gasteiger partial charge in [0.15, 0.2) is 0 Å². The second-order valence-electron chi connectivity index (χ2n) is 20.4. The minimum Gasteiger partial charge on any atom is -0.496 e. The van der Waals surface area contributed by atoms with Crippen molar-refractivity contribution in [1.29, 1.82) is 10.5 Å². The van der Waals surface area contributed by atoms with E-state index in [1.807, 2.05) is 30.3 Å². The molecule has 1 heterocycles. The number of amides is 1. The molecule has 0 bridgehead atoms. The lowest BCUT2D eigenvalue weighted by molar-refractivity contribution is 0.0905. The van der Waals surface area contributed by atoms with Crippen molar-refractivity contribution in [3.63, 3.8) is 0 Å². The van der Waals surface area contributed by atoms with Crippen LogP contribution in [0.5, 0.6) is 5.75 Å². The number of hydrogen-bond acceptors (Lipinski definition) is 6. The van der Waals surface area contributed by atoms with Crippen LogP contribution in [0.25, 0.3) is 0 Å². The zero-order valence-electron chi connectivity index (χ0n) is 41.7. The topological polar surface area (TPSA) is 121 Å². The molecule has 7 nitrogen and oxygen atoms in total. The number of para-hydroxylation sites is 1. The number of methoxy groups -OCH3 is 1. The van der Waals surface area contributed by atoms with Crippen molar-refractivity contribution in [2.24, 2.45) is 27.9 Å². The molecule has 0 unspecified atom stereocenters. The second kappa shape index (κ2) is 30.5. The summed E-state index contributed by atoms with van der Waals surface area (Å²) in [6.45, 7) is 3.57. The number of rotatable bonds is 11. The van der Waals surface area contributed by atoms with Crippen molar-refractivity contribution in [2.75, 3.05) is 33.4 Å². The Morgan fingerprint density at radius 1 is 0.588 bits per heavy atom. The summed E-state index contributed by atoms with van der Waals surface area (Å²) in [5.74, 6) is 0.972. The molecule has 0 atom stereocenters. The fraction of sp³-hybridized carbons (Fsp3) is 0.557. The summed E-state index contributed by atoms with van der Waals surface area (Å²) in [5, 5.41) is 21.0. The van der Waals surface area contributed by atoms with E-state index in [0.29, 0.717) is 22.6 Å². The van der Waals surface area contributed by atoms with E-state index in [0.717, 1.165) is 64.8 Å². The first-order valence-electron chi connectivity index (χ1n) is 26.5. The third kappa shape index (κ3) is 18.9. The van der Waals surface area contributed by atoms with E-state index in [2.05, 4.69) is 102 Å². The predicted molar refractivity (Wildman–Crippen MR) is 279 cm³/mol. The second-order valence-corrected chi connectivity index (χ2v) is 20.4. The van der Waals surface area contributed by atoms with Gasteiger partial charge >= 0.3 is 0 Å². The van der Waals surface area contributed by atoms with Crippen molar-refractivity contribution in [3.8, 4) is 17.9 Å². The van der Waals surface area contributed by atoms with Gasteiger partial charge in [-0.05, 0) is 130 Å². The molecular weight excluding hydrogens is 837 g/mol. The lowest BCUT2D eigenvalue weighted by atomic mass is 9.70. The molecule has 366 valence electrons. The van der Waals surface area contributed by atoms with Gasteiger partial charge in [0.1, 0.15) is 5.75 Å². The van der Waals surface area contributed by atoms with E-state index in [1.54, 1.807) is 7.11 Å². The number of nitrogens with zero attached hydrogens (tertiary/aromatic N) is 2. The first kappa shape index (κ1) is 54.0. The van der Waals surface area contributed by atoms with Gasteiger partial charge in [0.25, 0.3) is 5.91 Å². The van der Waals surface area contributed by atoms with E-state index in [9.17, 15) is 10.1 Å². The minimum atomic E-state index is -0.0698. The number of nitriles is 2. The first-order chi connectivity index (χ1) is 33.3. The zero-order chi connectivity index (χ0) is 48.0. The molecule has 4 aromatic carbocycles. The van der Waals surface area contributed by atoms with Gasteiger partial charge in [-0.15, -0.1) is 0 Å². The van der Waals surface area contributed by atoms with Gasteiger partial charge in [0, 0.05) is 25.7 Å². The van der Waals surface area contributed by atoms with E-state index < -0.39 is 0 Å². The third-order valence-electron chi connectivity index (χ3n) is 15.1. The molecule has 5 aliphatic rings. The average Bonchev–Trinajstić information content (AvgIpc) is 4.02. The summed E-state index contributed by atoms with van der Waals surface area (Å²) in [5.41, 5.74) is 11.2. The molecule has 5 fully saturated rings. The van der Waals surface area contributed by atoms with E-state index in [-0.39, 0.29) is 16.7 Å². The van der Waals surface area contributed by atoms with Gasteiger partial charge in [-0.2, -0.15) is 10.5 Å². The molecule has 4 aromatic rings. The summed E-state index contributed by atoms with van der Waals surface area (Å²) in [4.78, 5) is 12.7. The zero-order valence-corrected chi connectivity index (χ0v) is 41.7. The van der Waals surface area contributed by atoms with Crippen LogP contribution < -0.4 is 15.8 Å². The van der Waals surface area contributed by atoms with E-state index in [1.165, 1.54) is 139 Å². The monoisotopic (exact) mass is 921 g/mol. The smallest absolute Gasteiger partial charge is 0.255 e. The Kier molecular flexibility index (Phi) is 24.2. The minimum absolute atomic E-state index is 0.0459. The Bertz CT molecular complexity index is 2020. The molecule has 0 radical (unpaired) electrons. The summed E-state index contributed by atoms with van der Waals surface area (Å²) in [6.07, 6.45) is 30.7. The summed E-state index contributed by atoms with van der Waals surface area (Å²) in [6, 6.07) is 44.1. The van der Waals surface area contributed by atoms with Crippen LogP contribution in [0.4, 0.5) is 0 Å². The molecule has 1 aliphatic heterocycles. The summed E-state index contributed by atoms with van der Waals surface area (Å²) >= 11 is 0. The number of ether oxygens (including phenoxy) is 2. The Morgan fingerprint density at radius 2 is 1.03 bits per heavy atom. The SMILES string of the molecule is C1CCOC1.COc1ccccc1C(=O)NCC1(Cc2ccccc2)CCCCC1.N#CC1(Cc2ccccc2)CCCCC1.N#CC1CCCCC1.NCC1(Cc2ccccc2)CCCCC1. The van der Waals surface area contributed by atoms with Crippen molar-refractivity contribution >= 4 is 5.91 Å². The van der Waals surface area contributed by atoms with E-state index in [4.69, 9.17) is 20.5 Å². The van der Waals surface area contributed by atoms with Gasteiger partial charge < -0.3 is 20.5 Å². The van der Waals surface area contributed by atoms with Crippen molar-refractivity contribution < 1.29 is 14.3 Å². The molecule has 7 heteroatoms. The van der Waals surface area contributed by atoms with Crippen molar-refractivity contribution in [2.45, 2.75) is 161 Å². The predicted octanol–water partition coefficient (Wildman–Crippen LogP) is 14.3. The Morgan fingerprint density at radius 3 is 1.47 bits per heavy atom. The van der Waals surface area contributed by atoms with Crippen LogP contribution in [-0.4, -0.2) is 39.3 Å². The highest BCUT2D eigenvalue weighted by Gasteiger charge is 2.34. The molecule has 1 saturated heterocycles. The highest BCUT2D eigenvalue weighted by atomic mass is 16.5. The molecule has 0 aromatic heterocycles. The largest absolute Gasteiger partial charge is 0.496 e. The molecule has 9 rings (SSSR count). The Labute approximate surface area is 411 Å². The highest BCUT2D eigenvalue weighted by molar-refractivity contribution is 5.96. The van der Waals surface area contributed by atoms with Gasteiger partial charge in [-0.25, -0.2) is 0 Å². The quantitative estimate of drug-likeness (QED) is 0.155. The van der Waals surface area contributed by atoms with Gasteiger partial charge in [0.2, 0.25) is 0 Å². The molecule has 4 aliphatic carbocycles. The Balaban J connectivity index is 0.000000173. The molecule has 4 saturated carbocycles. The van der Waals surface area contributed by atoms with E-state index >= 15 is 0 Å². The van der Waals surface area contributed by atoms with Crippen LogP contribution in [0.15, 0.2) is 115 Å². The standard InChI is InChI=1S/C22H27NO2.C14H21N.C14H17N.C7H11N.C4H8O/c1-25-20-13-7-6-12-19(20)21(24)23-17-22(14-8-3-9-15-22)16-18-10-4-2-5-11-18;2*15-12-14(9-5-2-6-10-14)11-13-7-3-1-4-8-13;8-6-7-4-2-1-3-5-7;1-2-4-5-3-1/h2,4-7,10-13H,3,8-9,14-17H2,1H3,(H,23,24);1,3-4,7-8H,2,5-6,9-12,15H2;1,3-4,7-8H,2,5-6,9-11H2;7H,1-5H2;1-4H2. The van der Waals surface area contributed by atoms with Crippen molar-refractivity contribution in [1.82, 2.24) is 5.32 Å². The lowest BCUT2D eigenvalue weighted by Gasteiger charge is -2.38. The average molecular weight is 921 g/mol. The summed E-state index contributed by atoms with van der Waals surface area (Å²) in [7, 11) is 1.60. The fourth-order valence-corrected chi connectivity index (χ4v) is 11.0. The van der Waals surface area contributed by atoms with Crippen LogP contribution >= 0.6 is 0 Å². The maximum absolute atomic E-state index is 12.7. The molecule has 3 N–H and O–H groups in total. The number of hydrogen-bond donors (Lipinski definition) is 2. The normalized spacial score (nSPS) is 19.1. The van der Waals surface area contributed by atoms with Crippen LogP contribution in [0.3, 0.4) is 0 Å². The molecule has 0 spiro atoms. The maximum atomic E-state index is 12.7. The number of carbonyl (C=O) groups is 1. The number of carbonyl (C=O) groups excluding carboxylic acids is 1. The molecule has 1 amide bonds. The lowest BCUT2D eigenvalue weighted by Crippen LogP contribution is -2.40. The third-order valence-corrected chi connectivity index (χ3v) is 15.1. The maximum Gasteiger partial charge on any atom is 0.255 e. The van der Waals surface area contributed by atoms with Crippen LogP contribution in [-0.2, 0) is 24.0 Å². The van der Waals surface area contributed by atoms with Crippen molar-refractivity contribution in [3.05, 3.63) is 138 Å². The molecule has 68 heavy (non-hydrogen) atoms. The number of nitrogens with one attached hydrogen (secondary N) is 1. The first-order valence-corrected chi connectivity index (χ1v) is 26.5. The van der Waals surface area contributed by atoms with Gasteiger partial charge in [-0.3, -0.25) is 4.79 Å². The molecular formula is C61H84N4O3. The fourth-order valence-electron chi connectivity index (χ4n) is 11.0. The van der Waals surface area contributed by atoms with Crippen LogP contribution in [0.1, 0.15) is 168 Å².